The molecule has 0 fully saturated rings. The summed E-state index contributed by atoms with van der Waals surface area (Å²) in [5.41, 5.74) is 1.29. The molecule has 0 unspecified atom stereocenters. The summed E-state index contributed by atoms with van der Waals surface area (Å²) in [5, 5.41) is 0. The van der Waals surface area contributed by atoms with Crippen LogP contribution in [0.4, 0.5) is 0 Å². The van der Waals surface area contributed by atoms with Crippen LogP contribution in [0.25, 0.3) is 0 Å². The maximum atomic E-state index is 3.65. The van der Waals surface area contributed by atoms with Gasteiger partial charge >= 0.3 is 0 Å². The van der Waals surface area contributed by atoms with Gasteiger partial charge in [0.25, 0.3) is 0 Å². The minimum absolute atomic E-state index is 1.06. The van der Waals surface area contributed by atoms with Crippen LogP contribution in [-0.2, 0) is 6.42 Å². The third-order valence-corrected chi connectivity index (χ3v) is 1.28. The first-order chi connectivity index (χ1) is 4.43. The van der Waals surface area contributed by atoms with Crippen LogP contribution >= 0.6 is 0 Å². The lowest BCUT2D eigenvalue weighted by Gasteiger charge is -1.89. The van der Waals surface area contributed by atoms with Gasteiger partial charge in [-0.3, -0.25) is 0 Å². The van der Waals surface area contributed by atoms with Gasteiger partial charge in [0, 0.05) is 11.9 Å². The van der Waals surface area contributed by atoms with E-state index in [2.05, 4.69) is 17.6 Å². The molecule has 1 nitrogen and oxygen atoms in total. The van der Waals surface area contributed by atoms with Crippen molar-refractivity contribution >= 4 is 0 Å². The number of hydrogen-bond donors (Lipinski definition) is 1. The molecule has 0 spiro atoms. The molecule has 0 radical (unpaired) electrons. The normalized spacial score (nSPS) is 9.33. The molecule has 0 amide bonds. The largest absolute Gasteiger partial charge is 0.365 e. The highest BCUT2D eigenvalue weighted by molar-refractivity contribution is 5.04. The SMILES string of the molecule is C=CCCc1ccc[nH]1. The van der Waals surface area contributed by atoms with E-state index < -0.39 is 0 Å². The predicted octanol–water partition coefficient (Wildman–Crippen LogP) is 2.13. The Morgan fingerprint density at radius 3 is 3.11 bits per heavy atom. The monoisotopic (exact) mass is 121 g/mol. The average molecular weight is 121 g/mol. The second kappa shape index (κ2) is 3.13. The Morgan fingerprint density at radius 1 is 1.67 bits per heavy atom. The topological polar surface area (TPSA) is 15.8 Å². The number of aryl methyl sites for hydroxylation is 1. The van der Waals surface area contributed by atoms with Gasteiger partial charge < -0.3 is 4.98 Å². The van der Waals surface area contributed by atoms with Crippen LogP contribution < -0.4 is 0 Å². The van der Waals surface area contributed by atoms with Crippen LogP contribution in [-0.4, -0.2) is 4.98 Å². The predicted molar refractivity (Wildman–Crippen MR) is 39.3 cm³/mol. The maximum absolute atomic E-state index is 3.65. The van der Waals surface area contributed by atoms with E-state index in [-0.39, 0.29) is 0 Å². The zero-order valence-corrected chi connectivity index (χ0v) is 5.43. The van der Waals surface area contributed by atoms with E-state index >= 15 is 0 Å². The highest BCUT2D eigenvalue weighted by atomic mass is 14.7. The second-order valence-corrected chi connectivity index (χ2v) is 2.02. The summed E-state index contributed by atoms with van der Waals surface area (Å²) in [4.78, 5) is 3.12. The summed E-state index contributed by atoms with van der Waals surface area (Å²) in [6, 6.07) is 4.10. The molecule has 0 aliphatic carbocycles. The lowest BCUT2D eigenvalue weighted by molar-refractivity contribution is 0.961. The van der Waals surface area contributed by atoms with Crippen LogP contribution in [0.2, 0.25) is 0 Å². The molecule has 1 aromatic rings. The van der Waals surface area contributed by atoms with E-state index in [0.29, 0.717) is 0 Å². The highest BCUT2D eigenvalue weighted by Gasteiger charge is 1.86. The molecule has 0 saturated carbocycles. The van der Waals surface area contributed by atoms with Crippen molar-refractivity contribution in [3.05, 3.63) is 36.7 Å². The van der Waals surface area contributed by atoms with E-state index in [1.54, 1.807) is 0 Å². The molecule has 0 aliphatic rings. The van der Waals surface area contributed by atoms with Crippen LogP contribution in [0, 0.1) is 0 Å². The van der Waals surface area contributed by atoms with Gasteiger partial charge in [0.05, 0.1) is 0 Å². The Morgan fingerprint density at radius 2 is 2.56 bits per heavy atom. The van der Waals surface area contributed by atoms with Gasteiger partial charge in [-0.2, -0.15) is 0 Å². The summed E-state index contributed by atoms with van der Waals surface area (Å²) in [7, 11) is 0. The van der Waals surface area contributed by atoms with Crippen LogP contribution in [0.1, 0.15) is 12.1 Å². The van der Waals surface area contributed by atoms with Crippen molar-refractivity contribution in [2.45, 2.75) is 12.8 Å². The number of aromatic nitrogens is 1. The fraction of sp³-hybridized carbons (Fsp3) is 0.250. The molecule has 9 heavy (non-hydrogen) atoms. The van der Waals surface area contributed by atoms with Gasteiger partial charge in [-0.25, -0.2) is 0 Å². The van der Waals surface area contributed by atoms with Crippen molar-refractivity contribution in [3.63, 3.8) is 0 Å². The van der Waals surface area contributed by atoms with Crippen LogP contribution in [0.5, 0.6) is 0 Å². The summed E-state index contributed by atoms with van der Waals surface area (Å²) >= 11 is 0. The van der Waals surface area contributed by atoms with Crippen LogP contribution in [0.3, 0.4) is 0 Å². The molecule has 1 aromatic heterocycles. The Labute approximate surface area is 55.4 Å². The highest BCUT2D eigenvalue weighted by Crippen LogP contribution is 1.98. The third kappa shape index (κ3) is 1.76. The van der Waals surface area contributed by atoms with E-state index in [9.17, 15) is 0 Å². The summed E-state index contributed by atoms with van der Waals surface area (Å²) in [5.74, 6) is 0. The maximum Gasteiger partial charge on any atom is 0.0150 e. The number of allylic oxidation sites excluding steroid dienone is 1. The van der Waals surface area contributed by atoms with E-state index in [1.807, 2.05) is 18.3 Å². The lowest BCUT2D eigenvalue weighted by Crippen LogP contribution is -1.80. The molecule has 0 saturated heterocycles. The van der Waals surface area contributed by atoms with E-state index in [4.69, 9.17) is 0 Å². The fourth-order valence-electron chi connectivity index (χ4n) is 0.781. The Hall–Kier alpha value is -0.980. The van der Waals surface area contributed by atoms with Gasteiger partial charge in [-0.05, 0) is 25.0 Å². The second-order valence-electron chi connectivity index (χ2n) is 2.02. The minimum Gasteiger partial charge on any atom is -0.365 e. The number of H-pyrrole nitrogens is 1. The Bertz CT molecular complexity index is 163. The molecule has 1 heterocycles. The number of aromatic amines is 1. The molecule has 1 heteroatoms. The molecule has 0 bridgehead atoms. The number of nitrogens with one attached hydrogen (secondary N) is 1. The van der Waals surface area contributed by atoms with Gasteiger partial charge in [0.1, 0.15) is 0 Å². The summed E-state index contributed by atoms with van der Waals surface area (Å²) < 4.78 is 0. The Balaban J connectivity index is 2.38. The van der Waals surface area contributed by atoms with Crippen LogP contribution in [0.15, 0.2) is 31.0 Å². The Kier molecular flexibility index (Phi) is 2.13. The zero-order valence-electron chi connectivity index (χ0n) is 5.43. The van der Waals surface area contributed by atoms with Gasteiger partial charge in [-0.15, -0.1) is 6.58 Å². The number of rotatable bonds is 3. The first-order valence-electron chi connectivity index (χ1n) is 3.16. The van der Waals surface area contributed by atoms with Gasteiger partial charge in [0.15, 0.2) is 0 Å². The fourth-order valence-corrected chi connectivity index (χ4v) is 0.781. The zero-order chi connectivity index (χ0) is 6.53. The standard InChI is InChI=1S/C8H11N/c1-2-3-5-8-6-4-7-9-8/h2,4,6-7,9H,1,3,5H2. The molecule has 0 aliphatic heterocycles. The lowest BCUT2D eigenvalue weighted by atomic mass is 10.2. The summed E-state index contributed by atoms with van der Waals surface area (Å²) in [6.07, 6.45) is 6.01. The van der Waals surface area contributed by atoms with Crippen molar-refractivity contribution in [2.75, 3.05) is 0 Å². The molecule has 1 rings (SSSR count). The molecule has 0 aromatic carbocycles. The minimum atomic E-state index is 1.06. The molecule has 1 N–H and O–H groups in total. The first-order valence-corrected chi connectivity index (χ1v) is 3.16. The van der Waals surface area contributed by atoms with Crippen molar-refractivity contribution in [1.29, 1.82) is 0 Å². The quantitative estimate of drug-likeness (QED) is 0.590. The molecular formula is C8H11N. The van der Waals surface area contributed by atoms with E-state index in [0.717, 1.165) is 12.8 Å². The van der Waals surface area contributed by atoms with Gasteiger partial charge in [0.2, 0.25) is 0 Å². The smallest absolute Gasteiger partial charge is 0.0150 e. The van der Waals surface area contributed by atoms with Crippen molar-refractivity contribution in [3.8, 4) is 0 Å². The third-order valence-electron chi connectivity index (χ3n) is 1.28. The first kappa shape index (κ1) is 6.14. The van der Waals surface area contributed by atoms with E-state index in [1.165, 1.54) is 5.69 Å². The van der Waals surface area contributed by atoms with Gasteiger partial charge in [-0.1, -0.05) is 6.08 Å². The molecule has 0 atom stereocenters. The van der Waals surface area contributed by atoms with Crippen molar-refractivity contribution in [1.82, 2.24) is 4.98 Å². The molecule has 48 valence electrons. The summed E-state index contributed by atoms with van der Waals surface area (Å²) in [6.45, 7) is 3.65. The number of hydrogen-bond acceptors (Lipinski definition) is 0. The average Bonchev–Trinajstić information content (AvgIpc) is 2.34. The molecular weight excluding hydrogens is 110 g/mol. The van der Waals surface area contributed by atoms with Crippen molar-refractivity contribution < 1.29 is 0 Å². The van der Waals surface area contributed by atoms with Crippen molar-refractivity contribution in [2.24, 2.45) is 0 Å².